The highest BCUT2D eigenvalue weighted by atomic mass is 16.4. The van der Waals surface area contributed by atoms with Crippen molar-refractivity contribution in [2.24, 2.45) is 11.8 Å². The van der Waals surface area contributed by atoms with Crippen LogP contribution in [-0.4, -0.2) is 23.0 Å². The maximum absolute atomic E-state index is 11.9. The van der Waals surface area contributed by atoms with Gasteiger partial charge in [-0.3, -0.25) is 9.59 Å². The molecule has 4 nitrogen and oxygen atoms in total. The van der Waals surface area contributed by atoms with E-state index in [4.69, 9.17) is 5.11 Å². The van der Waals surface area contributed by atoms with Crippen LogP contribution in [0.4, 0.5) is 0 Å². The van der Waals surface area contributed by atoms with Crippen molar-refractivity contribution in [1.29, 1.82) is 0 Å². The number of carbonyl (C=O) groups excluding carboxylic acids is 1. The smallest absolute Gasteiger partial charge is 0.308 e. The van der Waals surface area contributed by atoms with E-state index in [-0.39, 0.29) is 17.9 Å². The highest BCUT2D eigenvalue weighted by Gasteiger charge is 2.32. The van der Waals surface area contributed by atoms with Gasteiger partial charge in [0, 0.05) is 12.0 Å². The zero-order chi connectivity index (χ0) is 12.8. The number of nitrogens with one attached hydrogen (secondary N) is 1. The number of carboxylic acid groups (broad SMARTS) is 1. The number of rotatable bonds is 5. The van der Waals surface area contributed by atoms with Crippen molar-refractivity contribution in [1.82, 2.24) is 5.32 Å². The van der Waals surface area contributed by atoms with E-state index in [0.717, 1.165) is 32.1 Å². The SMILES string of the molecule is CCC(CC)C(=O)NC1CCCCC1C(=O)O. The third-order valence-corrected chi connectivity index (χ3v) is 3.77. The van der Waals surface area contributed by atoms with Gasteiger partial charge in [-0.15, -0.1) is 0 Å². The fourth-order valence-corrected chi connectivity index (χ4v) is 2.56. The van der Waals surface area contributed by atoms with E-state index in [0.29, 0.717) is 6.42 Å². The van der Waals surface area contributed by atoms with Gasteiger partial charge in [0.25, 0.3) is 0 Å². The molecule has 0 saturated heterocycles. The summed E-state index contributed by atoms with van der Waals surface area (Å²) in [5, 5.41) is 12.1. The maximum Gasteiger partial charge on any atom is 0.308 e. The minimum absolute atomic E-state index is 0.0198. The molecule has 98 valence electrons. The first-order valence-corrected chi connectivity index (χ1v) is 6.63. The molecule has 2 unspecified atom stereocenters. The van der Waals surface area contributed by atoms with Crippen LogP contribution in [0.25, 0.3) is 0 Å². The second-order valence-corrected chi connectivity index (χ2v) is 4.86. The Labute approximate surface area is 103 Å². The van der Waals surface area contributed by atoms with Crippen molar-refractivity contribution >= 4 is 11.9 Å². The predicted molar refractivity (Wildman–Crippen MR) is 65.6 cm³/mol. The summed E-state index contributed by atoms with van der Waals surface area (Å²) in [6, 6.07) is -0.172. The molecular weight excluding hydrogens is 218 g/mol. The molecule has 0 radical (unpaired) electrons. The van der Waals surface area contributed by atoms with Crippen LogP contribution in [0.5, 0.6) is 0 Å². The molecule has 0 aromatic carbocycles. The Balaban J connectivity index is 2.58. The molecule has 0 aromatic rings. The van der Waals surface area contributed by atoms with Crippen molar-refractivity contribution in [2.45, 2.75) is 58.4 Å². The van der Waals surface area contributed by atoms with Crippen LogP contribution in [0.2, 0.25) is 0 Å². The van der Waals surface area contributed by atoms with Gasteiger partial charge in [-0.1, -0.05) is 26.7 Å². The van der Waals surface area contributed by atoms with Gasteiger partial charge in [-0.2, -0.15) is 0 Å². The molecule has 1 fully saturated rings. The Morgan fingerprint density at radius 3 is 2.35 bits per heavy atom. The predicted octanol–water partition coefficient (Wildman–Crippen LogP) is 2.18. The third-order valence-electron chi connectivity index (χ3n) is 3.77. The Morgan fingerprint density at radius 1 is 1.24 bits per heavy atom. The van der Waals surface area contributed by atoms with Crippen molar-refractivity contribution in [3.63, 3.8) is 0 Å². The van der Waals surface area contributed by atoms with E-state index in [1.165, 1.54) is 0 Å². The first-order chi connectivity index (χ1) is 8.10. The fourth-order valence-electron chi connectivity index (χ4n) is 2.56. The maximum atomic E-state index is 11.9. The number of hydrogen-bond acceptors (Lipinski definition) is 2. The second-order valence-electron chi connectivity index (χ2n) is 4.86. The summed E-state index contributed by atoms with van der Waals surface area (Å²) >= 11 is 0. The molecule has 0 aliphatic heterocycles. The normalized spacial score (nSPS) is 24.6. The summed E-state index contributed by atoms with van der Waals surface area (Å²) in [6.45, 7) is 3.98. The molecule has 1 saturated carbocycles. The van der Waals surface area contributed by atoms with Gasteiger partial charge in [0.2, 0.25) is 5.91 Å². The van der Waals surface area contributed by atoms with E-state index in [9.17, 15) is 9.59 Å². The highest BCUT2D eigenvalue weighted by Crippen LogP contribution is 2.25. The van der Waals surface area contributed by atoms with Crippen molar-refractivity contribution in [2.75, 3.05) is 0 Å². The molecule has 0 spiro atoms. The Hall–Kier alpha value is -1.06. The first-order valence-electron chi connectivity index (χ1n) is 6.63. The molecule has 1 rings (SSSR count). The zero-order valence-electron chi connectivity index (χ0n) is 10.7. The largest absolute Gasteiger partial charge is 0.481 e. The van der Waals surface area contributed by atoms with E-state index in [2.05, 4.69) is 5.32 Å². The second kappa shape index (κ2) is 6.62. The average Bonchev–Trinajstić information content (AvgIpc) is 2.31. The van der Waals surface area contributed by atoms with Crippen LogP contribution in [0.15, 0.2) is 0 Å². The molecule has 17 heavy (non-hydrogen) atoms. The fraction of sp³-hybridized carbons (Fsp3) is 0.846. The first kappa shape index (κ1) is 14.0. The molecule has 1 aliphatic rings. The molecule has 2 N–H and O–H groups in total. The molecule has 0 heterocycles. The van der Waals surface area contributed by atoms with E-state index in [1.807, 2.05) is 13.8 Å². The summed E-state index contributed by atoms with van der Waals surface area (Å²) in [5.41, 5.74) is 0. The monoisotopic (exact) mass is 241 g/mol. The summed E-state index contributed by atoms with van der Waals surface area (Å²) in [4.78, 5) is 23.0. The van der Waals surface area contributed by atoms with Crippen LogP contribution in [0.1, 0.15) is 52.4 Å². The summed E-state index contributed by atoms with van der Waals surface area (Å²) < 4.78 is 0. The van der Waals surface area contributed by atoms with Gasteiger partial charge in [-0.25, -0.2) is 0 Å². The molecule has 1 amide bonds. The summed E-state index contributed by atoms with van der Waals surface area (Å²) in [5.74, 6) is -1.14. The van der Waals surface area contributed by atoms with Gasteiger partial charge < -0.3 is 10.4 Å². The number of carbonyl (C=O) groups is 2. The van der Waals surface area contributed by atoms with Crippen LogP contribution in [0, 0.1) is 11.8 Å². The van der Waals surface area contributed by atoms with Crippen LogP contribution in [0.3, 0.4) is 0 Å². The summed E-state index contributed by atoms with van der Waals surface area (Å²) in [7, 11) is 0. The van der Waals surface area contributed by atoms with E-state index < -0.39 is 11.9 Å². The number of amides is 1. The molecule has 4 heteroatoms. The number of carboxylic acids is 1. The molecule has 0 bridgehead atoms. The lowest BCUT2D eigenvalue weighted by molar-refractivity contribution is -0.144. The third kappa shape index (κ3) is 3.72. The summed E-state index contributed by atoms with van der Waals surface area (Å²) in [6.07, 6.45) is 5.07. The standard InChI is InChI=1S/C13H23NO3/c1-3-9(4-2)12(15)14-11-8-6-5-7-10(11)13(16)17/h9-11H,3-8H2,1-2H3,(H,14,15)(H,16,17). The van der Waals surface area contributed by atoms with Crippen molar-refractivity contribution in [3.05, 3.63) is 0 Å². The molecular formula is C13H23NO3. The number of hydrogen-bond donors (Lipinski definition) is 2. The van der Waals surface area contributed by atoms with Crippen molar-refractivity contribution < 1.29 is 14.7 Å². The molecule has 1 aliphatic carbocycles. The van der Waals surface area contributed by atoms with Crippen molar-refractivity contribution in [3.8, 4) is 0 Å². The topological polar surface area (TPSA) is 66.4 Å². The Bertz CT molecular complexity index is 274. The average molecular weight is 241 g/mol. The van der Waals surface area contributed by atoms with Gasteiger partial charge in [0.15, 0.2) is 0 Å². The van der Waals surface area contributed by atoms with E-state index >= 15 is 0 Å². The lowest BCUT2D eigenvalue weighted by atomic mass is 9.84. The number of aliphatic carboxylic acids is 1. The molecule has 2 atom stereocenters. The van der Waals surface area contributed by atoms with Gasteiger partial charge in [0.05, 0.1) is 5.92 Å². The van der Waals surface area contributed by atoms with Crippen LogP contribution in [-0.2, 0) is 9.59 Å². The van der Waals surface area contributed by atoms with Crippen LogP contribution < -0.4 is 5.32 Å². The van der Waals surface area contributed by atoms with Gasteiger partial charge >= 0.3 is 5.97 Å². The van der Waals surface area contributed by atoms with E-state index in [1.54, 1.807) is 0 Å². The Morgan fingerprint density at radius 2 is 1.82 bits per heavy atom. The lowest BCUT2D eigenvalue weighted by Crippen LogP contribution is -2.47. The highest BCUT2D eigenvalue weighted by molar-refractivity contribution is 5.80. The van der Waals surface area contributed by atoms with Crippen LogP contribution >= 0.6 is 0 Å². The van der Waals surface area contributed by atoms with Gasteiger partial charge in [0.1, 0.15) is 0 Å². The minimum Gasteiger partial charge on any atom is -0.481 e. The zero-order valence-corrected chi connectivity index (χ0v) is 10.7. The minimum atomic E-state index is -0.778. The lowest BCUT2D eigenvalue weighted by Gasteiger charge is -2.30. The Kier molecular flexibility index (Phi) is 5.45. The quantitative estimate of drug-likeness (QED) is 0.775. The van der Waals surface area contributed by atoms with Gasteiger partial charge in [-0.05, 0) is 25.7 Å². The molecule has 0 aromatic heterocycles.